The molecule has 2 aliphatic rings. The van der Waals surface area contributed by atoms with Crippen molar-refractivity contribution in [3.63, 3.8) is 0 Å². The predicted molar refractivity (Wildman–Crippen MR) is 85.2 cm³/mol. The van der Waals surface area contributed by atoms with Crippen molar-refractivity contribution in [3.8, 4) is 5.75 Å². The zero-order chi connectivity index (χ0) is 14.1. The number of fused-ring (bicyclic) bond motifs is 1. The highest BCUT2D eigenvalue weighted by Crippen LogP contribution is 2.28. The van der Waals surface area contributed by atoms with Crippen molar-refractivity contribution in [2.75, 3.05) is 26.2 Å². The molecule has 1 aromatic carbocycles. The van der Waals surface area contributed by atoms with Gasteiger partial charge in [0, 0.05) is 26.2 Å². The number of halogens is 2. The summed E-state index contributed by atoms with van der Waals surface area (Å²) < 4.78 is 5.70. The van der Waals surface area contributed by atoms with Gasteiger partial charge in [0.05, 0.1) is 5.02 Å². The summed E-state index contributed by atoms with van der Waals surface area (Å²) >= 11 is 6.05. The lowest BCUT2D eigenvalue weighted by molar-refractivity contribution is -0.137. The molecule has 1 unspecified atom stereocenters. The van der Waals surface area contributed by atoms with Gasteiger partial charge in [0.15, 0.2) is 6.10 Å². The maximum Gasteiger partial charge on any atom is 0.263 e. The van der Waals surface area contributed by atoms with E-state index in [1.54, 1.807) is 19.1 Å². The normalized spacial score (nSPS) is 25.1. The standard InChI is InChI=1S/C15H19ClN2O2.ClH/c1-10(20-14-5-3-2-4-13(14)16)15(19)18-8-11-6-17-7-12(11)9-18;/h2-5,10-12,17H,6-9H2,1H3;1H/t10?,11-,12+;. The number of nitrogens with zero attached hydrogens (tertiary/aromatic N) is 1. The van der Waals surface area contributed by atoms with Gasteiger partial charge < -0.3 is 15.0 Å². The van der Waals surface area contributed by atoms with Crippen LogP contribution in [0.3, 0.4) is 0 Å². The van der Waals surface area contributed by atoms with Crippen LogP contribution in [-0.4, -0.2) is 43.1 Å². The summed E-state index contributed by atoms with van der Waals surface area (Å²) in [6, 6.07) is 7.25. The average Bonchev–Trinajstić information content (AvgIpc) is 3.01. The molecule has 0 bridgehead atoms. The molecule has 116 valence electrons. The van der Waals surface area contributed by atoms with Crippen LogP contribution in [-0.2, 0) is 4.79 Å². The number of rotatable bonds is 3. The second-order valence-corrected chi connectivity index (χ2v) is 6.02. The average molecular weight is 331 g/mol. The Balaban J connectivity index is 0.00000161. The van der Waals surface area contributed by atoms with E-state index in [1.807, 2.05) is 17.0 Å². The molecule has 0 spiro atoms. The fourth-order valence-electron chi connectivity index (χ4n) is 3.07. The fraction of sp³-hybridized carbons (Fsp3) is 0.533. The molecule has 0 aliphatic carbocycles. The number of benzene rings is 1. The molecule has 21 heavy (non-hydrogen) atoms. The van der Waals surface area contributed by atoms with Crippen LogP contribution in [0.1, 0.15) is 6.92 Å². The van der Waals surface area contributed by atoms with Gasteiger partial charge in [0.2, 0.25) is 0 Å². The van der Waals surface area contributed by atoms with E-state index in [0.29, 0.717) is 22.6 Å². The van der Waals surface area contributed by atoms with Crippen molar-refractivity contribution in [2.24, 2.45) is 11.8 Å². The molecule has 2 heterocycles. The van der Waals surface area contributed by atoms with Crippen molar-refractivity contribution in [3.05, 3.63) is 29.3 Å². The van der Waals surface area contributed by atoms with Gasteiger partial charge in [-0.2, -0.15) is 0 Å². The Morgan fingerprint density at radius 2 is 1.95 bits per heavy atom. The van der Waals surface area contributed by atoms with Crippen LogP contribution in [0.2, 0.25) is 5.02 Å². The van der Waals surface area contributed by atoms with E-state index < -0.39 is 6.10 Å². The lowest BCUT2D eigenvalue weighted by atomic mass is 10.0. The van der Waals surface area contributed by atoms with Crippen LogP contribution in [0, 0.1) is 11.8 Å². The largest absolute Gasteiger partial charge is 0.479 e. The molecule has 3 rings (SSSR count). The van der Waals surface area contributed by atoms with Gasteiger partial charge in [0.25, 0.3) is 5.91 Å². The smallest absolute Gasteiger partial charge is 0.263 e. The van der Waals surface area contributed by atoms with Crippen molar-refractivity contribution >= 4 is 29.9 Å². The van der Waals surface area contributed by atoms with Gasteiger partial charge >= 0.3 is 0 Å². The molecule has 1 N–H and O–H groups in total. The van der Waals surface area contributed by atoms with E-state index in [2.05, 4.69) is 5.32 Å². The second-order valence-electron chi connectivity index (χ2n) is 5.61. The zero-order valence-corrected chi connectivity index (χ0v) is 13.5. The highest BCUT2D eigenvalue weighted by atomic mass is 35.5. The van der Waals surface area contributed by atoms with Gasteiger partial charge in [-0.25, -0.2) is 0 Å². The number of carbonyl (C=O) groups is 1. The molecule has 3 atom stereocenters. The van der Waals surface area contributed by atoms with Crippen LogP contribution < -0.4 is 10.1 Å². The van der Waals surface area contributed by atoms with Crippen molar-refractivity contribution < 1.29 is 9.53 Å². The zero-order valence-electron chi connectivity index (χ0n) is 11.9. The number of ether oxygens (including phenoxy) is 1. The highest BCUT2D eigenvalue weighted by molar-refractivity contribution is 6.32. The maximum atomic E-state index is 12.4. The molecule has 0 radical (unpaired) electrons. The number of carbonyl (C=O) groups excluding carboxylic acids is 1. The summed E-state index contributed by atoms with van der Waals surface area (Å²) in [5.74, 6) is 1.83. The van der Waals surface area contributed by atoms with Gasteiger partial charge in [-0.1, -0.05) is 23.7 Å². The molecule has 4 nitrogen and oxygen atoms in total. The second kappa shape index (κ2) is 6.86. The first-order valence-electron chi connectivity index (χ1n) is 7.06. The van der Waals surface area contributed by atoms with Crippen molar-refractivity contribution in [1.29, 1.82) is 0 Å². The Labute approximate surface area is 136 Å². The van der Waals surface area contributed by atoms with Gasteiger partial charge in [-0.15, -0.1) is 12.4 Å². The van der Waals surface area contributed by atoms with Crippen LogP contribution in [0.15, 0.2) is 24.3 Å². The molecule has 1 amide bonds. The van der Waals surface area contributed by atoms with E-state index >= 15 is 0 Å². The summed E-state index contributed by atoms with van der Waals surface area (Å²) in [6.45, 7) is 5.51. The minimum Gasteiger partial charge on any atom is -0.479 e. The topological polar surface area (TPSA) is 41.6 Å². The first-order chi connectivity index (χ1) is 9.65. The Hall–Kier alpha value is -0.970. The number of hydrogen-bond donors (Lipinski definition) is 1. The summed E-state index contributed by atoms with van der Waals surface area (Å²) in [7, 11) is 0. The molecule has 0 saturated carbocycles. The minimum absolute atomic E-state index is 0. The number of hydrogen-bond acceptors (Lipinski definition) is 3. The maximum absolute atomic E-state index is 12.4. The lowest BCUT2D eigenvalue weighted by Gasteiger charge is -2.22. The molecule has 2 aliphatic heterocycles. The van der Waals surface area contributed by atoms with Crippen LogP contribution in [0.25, 0.3) is 0 Å². The van der Waals surface area contributed by atoms with Crippen molar-refractivity contribution in [1.82, 2.24) is 10.2 Å². The lowest BCUT2D eigenvalue weighted by Crippen LogP contribution is -2.40. The summed E-state index contributed by atoms with van der Waals surface area (Å²) in [5, 5.41) is 3.91. The molecule has 6 heteroatoms. The first-order valence-corrected chi connectivity index (χ1v) is 7.43. The Morgan fingerprint density at radius 1 is 1.33 bits per heavy atom. The Bertz CT molecular complexity index is 500. The van der Waals surface area contributed by atoms with Crippen LogP contribution in [0.5, 0.6) is 5.75 Å². The number of nitrogens with one attached hydrogen (secondary N) is 1. The third-order valence-corrected chi connectivity index (χ3v) is 4.50. The molecule has 1 aromatic rings. The van der Waals surface area contributed by atoms with E-state index in [4.69, 9.17) is 16.3 Å². The Morgan fingerprint density at radius 3 is 2.57 bits per heavy atom. The number of likely N-dealkylation sites (tertiary alicyclic amines) is 1. The molecule has 2 fully saturated rings. The van der Waals surface area contributed by atoms with Crippen molar-refractivity contribution in [2.45, 2.75) is 13.0 Å². The minimum atomic E-state index is -0.498. The summed E-state index contributed by atoms with van der Waals surface area (Å²) in [5.41, 5.74) is 0. The number of para-hydroxylation sites is 1. The third-order valence-electron chi connectivity index (χ3n) is 4.19. The third kappa shape index (κ3) is 3.44. The van der Waals surface area contributed by atoms with E-state index in [0.717, 1.165) is 26.2 Å². The van der Waals surface area contributed by atoms with Gasteiger partial charge in [-0.05, 0) is 30.9 Å². The van der Waals surface area contributed by atoms with Gasteiger partial charge in [-0.3, -0.25) is 4.79 Å². The Kier molecular flexibility index (Phi) is 5.36. The predicted octanol–water partition coefficient (Wildman–Crippen LogP) is 2.21. The van der Waals surface area contributed by atoms with E-state index in [9.17, 15) is 4.79 Å². The highest BCUT2D eigenvalue weighted by Gasteiger charge is 2.39. The summed E-state index contributed by atoms with van der Waals surface area (Å²) in [6.07, 6.45) is -0.498. The van der Waals surface area contributed by atoms with Gasteiger partial charge in [0.1, 0.15) is 5.75 Å². The molecular weight excluding hydrogens is 311 g/mol. The first kappa shape index (κ1) is 16.4. The SMILES string of the molecule is CC(Oc1ccccc1Cl)C(=O)N1C[C@H]2CNC[C@H]2C1.Cl. The summed E-state index contributed by atoms with van der Waals surface area (Å²) in [4.78, 5) is 14.4. The fourth-order valence-corrected chi connectivity index (χ4v) is 3.25. The van der Waals surface area contributed by atoms with Crippen LogP contribution >= 0.6 is 24.0 Å². The number of amides is 1. The van der Waals surface area contributed by atoms with E-state index in [-0.39, 0.29) is 18.3 Å². The quantitative estimate of drug-likeness (QED) is 0.923. The molecular formula is C15H20Cl2N2O2. The molecule has 2 saturated heterocycles. The van der Waals surface area contributed by atoms with E-state index in [1.165, 1.54) is 0 Å². The monoisotopic (exact) mass is 330 g/mol. The van der Waals surface area contributed by atoms with Crippen LogP contribution in [0.4, 0.5) is 0 Å². The molecule has 0 aromatic heterocycles.